The molecule has 50 heavy (non-hydrogen) atoms. The second-order valence-corrected chi connectivity index (χ2v) is 14.0. The Kier molecular flexibility index (Phi) is 14.3. The molecular weight excluding hydrogens is 644 g/mol. The molecule has 0 bridgehead atoms. The summed E-state index contributed by atoms with van der Waals surface area (Å²) >= 11 is 5.98. The maximum Gasteiger partial charge on any atom is 0.302 e. The number of methoxy groups -OCH3 is 2. The number of carbonyl (C=O) groups excluding carboxylic acids is 1. The summed E-state index contributed by atoms with van der Waals surface area (Å²) < 4.78 is 16.9. The van der Waals surface area contributed by atoms with Crippen molar-refractivity contribution in [2.24, 2.45) is 0 Å². The highest BCUT2D eigenvalue weighted by atomic mass is 35.5. The molecule has 7 heteroatoms. The van der Waals surface area contributed by atoms with E-state index in [4.69, 9.17) is 25.8 Å². The Labute approximate surface area is 305 Å². The Morgan fingerprint density at radius 3 is 1.98 bits per heavy atom. The number of hydrogen-bond acceptors (Lipinski definition) is 6. The zero-order chi connectivity index (χ0) is 36.3. The van der Waals surface area contributed by atoms with Crippen molar-refractivity contribution in [2.75, 3.05) is 41.9 Å². The van der Waals surface area contributed by atoms with E-state index in [-0.39, 0.29) is 12.1 Å². The average Bonchev–Trinajstić information content (AvgIpc) is 3.13. The third-order valence-corrected chi connectivity index (χ3v) is 10.4. The highest BCUT2D eigenvalue weighted by Crippen LogP contribution is 2.43. The van der Waals surface area contributed by atoms with Crippen LogP contribution in [0.4, 0.5) is 0 Å². The minimum absolute atomic E-state index is 0.229. The first-order valence-corrected chi connectivity index (χ1v) is 18.1. The van der Waals surface area contributed by atoms with E-state index in [9.17, 15) is 4.79 Å². The first-order valence-electron chi connectivity index (χ1n) is 17.7. The van der Waals surface area contributed by atoms with Crippen molar-refractivity contribution in [3.05, 3.63) is 130 Å². The summed E-state index contributed by atoms with van der Waals surface area (Å²) in [6.07, 6.45) is 4.53. The molecule has 6 nitrogen and oxygen atoms in total. The maximum absolute atomic E-state index is 11.9. The van der Waals surface area contributed by atoms with E-state index in [0.29, 0.717) is 12.1 Å². The van der Waals surface area contributed by atoms with Gasteiger partial charge in [-0.05, 0) is 112 Å². The molecule has 3 unspecified atom stereocenters. The van der Waals surface area contributed by atoms with Crippen molar-refractivity contribution in [1.82, 2.24) is 9.80 Å². The zero-order valence-corrected chi connectivity index (χ0v) is 31.9. The van der Waals surface area contributed by atoms with E-state index in [0.717, 1.165) is 55.2 Å². The van der Waals surface area contributed by atoms with Gasteiger partial charge in [-0.3, -0.25) is 9.69 Å². The summed E-state index contributed by atoms with van der Waals surface area (Å²) in [6, 6.07) is 34.1. The fraction of sp³-hybridized carbons (Fsp3) is 0.419. The molecule has 0 radical (unpaired) electrons. The molecule has 3 atom stereocenters. The molecule has 4 aromatic carbocycles. The molecule has 0 N–H and O–H groups in total. The predicted molar refractivity (Wildman–Crippen MR) is 206 cm³/mol. The molecule has 4 aromatic rings. The molecule has 0 spiro atoms. The Bertz CT molecular complexity index is 1590. The lowest BCUT2D eigenvalue weighted by Crippen LogP contribution is -2.47. The van der Waals surface area contributed by atoms with Gasteiger partial charge in [-0.25, -0.2) is 0 Å². The number of aryl methyl sites for hydroxylation is 1. The average molecular weight is 699 g/mol. The van der Waals surface area contributed by atoms with Gasteiger partial charge in [0.05, 0.1) is 19.6 Å². The molecule has 5 rings (SSSR count). The Hall–Kier alpha value is -3.84. The minimum Gasteiger partial charge on any atom is -0.493 e. The van der Waals surface area contributed by atoms with Crippen molar-refractivity contribution in [3.63, 3.8) is 0 Å². The van der Waals surface area contributed by atoms with Crippen molar-refractivity contribution in [1.29, 1.82) is 0 Å². The lowest BCUT2D eigenvalue weighted by atomic mass is 9.66. The molecule has 1 aliphatic rings. The minimum atomic E-state index is -0.396. The van der Waals surface area contributed by atoms with Crippen LogP contribution < -0.4 is 9.47 Å². The number of fused-ring (bicyclic) bond motifs is 1. The van der Waals surface area contributed by atoms with E-state index in [1.807, 2.05) is 24.3 Å². The third kappa shape index (κ3) is 9.48. The molecule has 0 saturated heterocycles. The Balaban J connectivity index is 0.000000225. The summed E-state index contributed by atoms with van der Waals surface area (Å²) in [5.41, 5.74) is 6.02. The van der Waals surface area contributed by atoms with Gasteiger partial charge in [-0.15, -0.1) is 0 Å². The molecule has 0 saturated carbocycles. The molecule has 0 aliphatic carbocycles. The first kappa shape index (κ1) is 39.0. The standard InChI is InChI=1S/C23H31NO2.C20H24ClNO2/c1-6-22(26-19(3)25)23(17-18(2)24(4)5,20-13-9-7-10-14-20)21-15-11-8-12-16-21;1-22-11-10-15-12-19(23-2)20(24-3)13-17(15)18(22)9-6-14-4-7-16(21)8-5-14/h7-16,18,22H,6,17H2,1-5H3;4-5,7-8,12-13,18H,6,9-11H2,1-3H3. The van der Waals surface area contributed by atoms with Gasteiger partial charge in [-0.2, -0.15) is 0 Å². The molecule has 1 aliphatic heterocycles. The van der Waals surface area contributed by atoms with Gasteiger partial charge < -0.3 is 19.1 Å². The van der Waals surface area contributed by atoms with Gasteiger partial charge in [-0.1, -0.05) is 91.3 Å². The SMILES string of the molecule is CCC(OC(C)=O)C(CC(C)N(C)C)(c1ccccc1)c1ccccc1.COc1cc2c(cc1OC)C(CCc1ccc(Cl)cc1)N(C)CC2. The predicted octanol–water partition coefficient (Wildman–Crippen LogP) is 9.17. The monoisotopic (exact) mass is 698 g/mol. The lowest BCUT2D eigenvalue weighted by molar-refractivity contribution is -0.150. The number of likely N-dealkylation sites (N-methyl/N-ethyl adjacent to an activating group) is 1. The van der Waals surface area contributed by atoms with Gasteiger partial charge in [0.1, 0.15) is 6.10 Å². The Morgan fingerprint density at radius 2 is 1.48 bits per heavy atom. The van der Waals surface area contributed by atoms with Crippen LogP contribution in [-0.2, 0) is 27.8 Å². The molecule has 0 fully saturated rings. The number of nitrogens with zero attached hydrogens (tertiary/aromatic N) is 2. The van der Waals surface area contributed by atoms with Gasteiger partial charge in [0, 0.05) is 30.6 Å². The van der Waals surface area contributed by atoms with Crippen molar-refractivity contribution >= 4 is 17.6 Å². The first-order chi connectivity index (χ1) is 24.0. The second-order valence-electron chi connectivity index (χ2n) is 13.5. The van der Waals surface area contributed by atoms with Crippen LogP contribution in [0.25, 0.3) is 0 Å². The van der Waals surface area contributed by atoms with Crippen LogP contribution in [0.15, 0.2) is 97.1 Å². The lowest BCUT2D eigenvalue weighted by Gasteiger charge is -2.43. The molecule has 268 valence electrons. The van der Waals surface area contributed by atoms with Crippen molar-refractivity contribution < 1.29 is 19.0 Å². The fourth-order valence-corrected chi connectivity index (χ4v) is 7.37. The van der Waals surface area contributed by atoms with Gasteiger partial charge >= 0.3 is 5.97 Å². The summed E-state index contributed by atoms with van der Waals surface area (Å²) in [5.74, 6) is 1.39. The van der Waals surface area contributed by atoms with Crippen LogP contribution in [0.5, 0.6) is 11.5 Å². The van der Waals surface area contributed by atoms with Crippen molar-refractivity contribution in [2.45, 2.75) is 76.5 Å². The van der Waals surface area contributed by atoms with E-state index < -0.39 is 5.41 Å². The Morgan fingerprint density at radius 1 is 0.920 bits per heavy atom. The normalized spacial score (nSPS) is 15.7. The van der Waals surface area contributed by atoms with E-state index in [1.165, 1.54) is 34.7 Å². The van der Waals surface area contributed by atoms with Crippen LogP contribution in [0.1, 0.15) is 73.9 Å². The fourth-order valence-electron chi connectivity index (χ4n) is 7.24. The molecule has 0 aromatic heterocycles. The maximum atomic E-state index is 11.9. The summed E-state index contributed by atoms with van der Waals surface area (Å²) in [4.78, 5) is 16.6. The van der Waals surface area contributed by atoms with E-state index in [2.05, 4.69) is 118 Å². The number of carbonyl (C=O) groups is 1. The largest absolute Gasteiger partial charge is 0.493 e. The third-order valence-electron chi connectivity index (χ3n) is 10.2. The van der Waals surface area contributed by atoms with Crippen LogP contribution in [0, 0.1) is 0 Å². The van der Waals surface area contributed by atoms with Crippen LogP contribution in [0.2, 0.25) is 5.02 Å². The number of hydrogen-bond donors (Lipinski definition) is 0. The summed E-state index contributed by atoms with van der Waals surface area (Å²) in [6.45, 7) is 6.88. The van der Waals surface area contributed by atoms with Crippen LogP contribution in [0.3, 0.4) is 0 Å². The highest BCUT2D eigenvalue weighted by Gasteiger charge is 2.44. The number of benzene rings is 4. The quantitative estimate of drug-likeness (QED) is 0.130. The topological polar surface area (TPSA) is 51.2 Å². The molecular formula is C43H55ClN2O4. The van der Waals surface area contributed by atoms with Crippen LogP contribution in [-0.4, -0.2) is 69.8 Å². The van der Waals surface area contributed by atoms with Gasteiger partial charge in [0.15, 0.2) is 11.5 Å². The highest BCUT2D eigenvalue weighted by molar-refractivity contribution is 6.30. The molecule has 1 heterocycles. The zero-order valence-electron chi connectivity index (χ0n) is 31.1. The second kappa shape index (κ2) is 18.4. The van der Waals surface area contributed by atoms with Crippen LogP contribution >= 0.6 is 11.6 Å². The van der Waals surface area contributed by atoms with Gasteiger partial charge in [0.25, 0.3) is 0 Å². The number of halogens is 1. The van der Waals surface area contributed by atoms with E-state index in [1.54, 1.807) is 14.2 Å². The number of esters is 1. The van der Waals surface area contributed by atoms with Crippen molar-refractivity contribution in [3.8, 4) is 11.5 Å². The summed E-state index contributed by atoms with van der Waals surface area (Å²) in [5, 5.41) is 0.788. The smallest absolute Gasteiger partial charge is 0.302 e. The van der Waals surface area contributed by atoms with E-state index >= 15 is 0 Å². The molecule has 0 amide bonds. The van der Waals surface area contributed by atoms with Gasteiger partial charge in [0.2, 0.25) is 0 Å². The summed E-state index contributed by atoms with van der Waals surface area (Å²) in [7, 11) is 9.78. The number of ether oxygens (including phenoxy) is 3. The number of rotatable bonds is 13.